The molecule has 1 aromatic carbocycles. The first-order valence-corrected chi connectivity index (χ1v) is 8.01. The normalized spacial score (nSPS) is 10.7. The number of rotatable bonds is 8. The number of halogens is 1. The summed E-state index contributed by atoms with van der Waals surface area (Å²) in [5, 5.41) is 13.3. The largest absolute Gasteiger partial charge is 0.493 e. The van der Waals surface area contributed by atoms with Gasteiger partial charge in [0.15, 0.2) is 17.5 Å². The molecule has 0 aliphatic carbocycles. The fraction of sp³-hybridized carbons (Fsp3) is 0.412. The summed E-state index contributed by atoms with van der Waals surface area (Å²) in [6.07, 6.45) is 1.72. The first kappa shape index (κ1) is 21.9. The SMILES string of the molecule is CCNC(=NCc1cc(OC)c(OC)c(OC)c1)NCc1ccn[nH]1.I. The molecule has 2 aromatic rings. The summed E-state index contributed by atoms with van der Waals surface area (Å²) in [6, 6.07) is 5.70. The Balaban J connectivity index is 0.00000338. The third-order valence-corrected chi connectivity index (χ3v) is 3.49. The van der Waals surface area contributed by atoms with Crippen LogP contribution in [0.1, 0.15) is 18.2 Å². The summed E-state index contributed by atoms with van der Waals surface area (Å²) in [4.78, 5) is 4.60. The predicted molar refractivity (Wildman–Crippen MR) is 112 cm³/mol. The van der Waals surface area contributed by atoms with E-state index in [0.717, 1.165) is 17.8 Å². The van der Waals surface area contributed by atoms with Gasteiger partial charge >= 0.3 is 0 Å². The number of methoxy groups -OCH3 is 3. The minimum absolute atomic E-state index is 0. The van der Waals surface area contributed by atoms with Gasteiger partial charge < -0.3 is 24.8 Å². The maximum atomic E-state index is 5.37. The van der Waals surface area contributed by atoms with Gasteiger partial charge in [-0.1, -0.05) is 0 Å². The van der Waals surface area contributed by atoms with Crippen LogP contribution in [0.2, 0.25) is 0 Å². The Hall–Kier alpha value is -2.17. The Morgan fingerprint density at radius 2 is 1.81 bits per heavy atom. The molecular formula is C17H26IN5O3. The van der Waals surface area contributed by atoms with Crippen molar-refractivity contribution in [2.24, 2.45) is 4.99 Å². The standard InChI is InChI=1S/C17H25N5O3.HI/c1-5-18-17(20-11-13-6-7-21-22-13)19-10-12-8-14(23-2)16(25-4)15(9-12)24-3;/h6-9H,5,10-11H2,1-4H3,(H,21,22)(H2,18,19,20);1H. The van der Waals surface area contributed by atoms with E-state index in [4.69, 9.17) is 14.2 Å². The van der Waals surface area contributed by atoms with Crippen molar-refractivity contribution in [3.8, 4) is 17.2 Å². The summed E-state index contributed by atoms with van der Waals surface area (Å²) in [7, 11) is 4.78. The summed E-state index contributed by atoms with van der Waals surface area (Å²) in [5.41, 5.74) is 1.94. The number of aromatic nitrogens is 2. The number of hydrogen-bond acceptors (Lipinski definition) is 5. The van der Waals surface area contributed by atoms with Gasteiger partial charge in [-0.2, -0.15) is 5.10 Å². The second kappa shape index (κ2) is 11.4. The molecule has 0 radical (unpaired) electrons. The van der Waals surface area contributed by atoms with Gasteiger partial charge in [0.1, 0.15) is 0 Å². The van der Waals surface area contributed by atoms with Gasteiger partial charge in [-0.3, -0.25) is 5.10 Å². The number of H-pyrrole nitrogens is 1. The molecule has 0 amide bonds. The molecule has 0 atom stereocenters. The maximum Gasteiger partial charge on any atom is 0.203 e. The molecule has 3 N–H and O–H groups in total. The van der Waals surface area contributed by atoms with E-state index in [1.165, 1.54) is 0 Å². The maximum absolute atomic E-state index is 5.37. The van der Waals surface area contributed by atoms with Crippen molar-refractivity contribution in [1.29, 1.82) is 0 Å². The second-order valence-electron chi connectivity index (χ2n) is 5.16. The van der Waals surface area contributed by atoms with Crippen molar-refractivity contribution < 1.29 is 14.2 Å². The van der Waals surface area contributed by atoms with Crippen LogP contribution in [0, 0.1) is 0 Å². The predicted octanol–water partition coefficient (Wildman–Crippen LogP) is 2.31. The van der Waals surface area contributed by atoms with E-state index in [1.807, 2.05) is 25.1 Å². The molecule has 0 saturated carbocycles. The van der Waals surface area contributed by atoms with Crippen LogP contribution in [0.3, 0.4) is 0 Å². The lowest BCUT2D eigenvalue weighted by Gasteiger charge is -2.14. The number of hydrogen-bond donors (Lipinski definition) is 3. The average Bonchev–Trinajstić information content (AvgIpc) is 3.16. The van der Waals surface area contributed by atoms with Gasteiger partial charge in [-0.05, 0) is 30.7 Å². The lowest BCUT2D eigenvalue weighted by molar-refractivity contribution is 0.324. The summed E-state index contributed by atoms with van der Waals surface area (Å²) in [6.45, 7) is 3.87. The van der Waals surface area contributed by atoms with Crippen molar-refractivity contribution in [3.05, 3.63) is 35.7 Å². The molecule has 0 aliphatic rings. The topological polar surface area (TPSA) is 92.8 Å². The molecule has 0 bridgehead atoms. The zero-order chi connectivity index (χ0) is 18.1. The van der Waals surface area contributed by atoms with Crippen LogP contribution in [0.15, 0.2) is 29.4 Å². The number of benzene rings is 1. The Morgan fingerprint density at radius 3 is 2.31 bits per heavy atom. The van der Waals surface area contributed by atoms with Crippen LogP contribution in [0.4, 0.5) is 0 Å². The van der Waals surface area contributed by atoms with Crippen molar-refractivity contribution in [3.63, 3.8) is 0 Å². The van der Waals surface area contributed by atoms with E-state index in [1.54, 1.807) is 27.5 Å². The summed E-state index contributed by atoms with van der Waals surface area (Å²) in [5.74, 6) is 2.51. The molecule has 26 heavy (non-hydrogen) atoms. The summed E-state index contributed by atoms with van der Waals surface area (Å²) < 4.78 is 16.1. The zero-order valence-corrected chi connectivity index (χ0v) is 17.8. The zero-order valence-electron chi connectivity index (χ0n) is 15.5. The van der Waals surface area contributed by atoms with Crippen molar-refractivity contribution >= 4 is 29.9 Å². The van der Waals surface area contributed by atoms with Crippen LogP contribution in [-0.4, -0.2) is 44.0 Å². The van der Waals surface area contributed by atoms with Gasteiger partial charge in [-0.25, -0.2) is 4.99 Å². The Bertz CT molecular complexity index is 667. The second-order valence-corrected chi connectivity index (χ2v) is 5.16. The van der Waals surface area contributed by atoms with Crippen LogP contribution >= 0.6 is 24.0 Å². The highest BCUT2D eigenvalue weighted by molar-refractivity contribution is 14.0. The van der Waals surface area contributed by atoms with Crippen molar-refractivity contribution in [2.45, 2.75) is 20.0 Å². The van der Waals surface area contributed by atoms with Gasteiger partial charge in [-0.15, -0.1) is 24.0 Å². The number of nitrogens with zero attached hydrogens (tertiary/aromatic N) is 2. The lowest BCUT2D eigenvalue weighted by Crippen LogP contribution is -2.36. The highest BCUT2D eigenvalue weighted by atomic mass is 127. The molecule has 0 spiro atoms. The van der Waals surface area contributed by atoms with E-state index in [2.05, 4.69) is 25.8 Å². The average molecular weight is 475 g/mol. The summed E-state index contributed by atoms with van der Waals surface area (Å²) >= 11 is 0. The number of ether oxygens (including phenoxy) is 3. The quantitative estimate of drug-likeness (QED) is 0.309. The fourth-order valence-electron chi connectivity index (χ4n) is 2.30. The molecule has 0 aliphatic heterocycles. The Morgan fingerprint density at radius 1 is 1.12 bits per heavy atom. The first-order chi connectivity index (χ1) is 12.2. The molecule has 1 aromatic heterocycles. The van der Waals surface area contributed by atoms with Gasteiger partial charge in [0.2, 0.25) is 5.75 Å². The molecule has 0 fully saturated rings. The molecule has 2 rings (SSSR count). The number of nitrogens with one attached hydrogen (secondary N) is 3. The van der Waals surface area contributed by atoms with Crippen molar-refractivity contribution in [1.82, 2.24) is 20.8 Å². The van der Waals surface area contributed by atoms with Crippen LogP contribution in [0.25, 0.3) is 0 Å². The van der Waals surface area contributed by atoms with Crippen LogP contribution in [0.5, 0.6) is 17.2 Å². The number of aromatic amines is 1. The Labute approximate surface area is 170 Å². The third kappa shape index (κ3) is 5.97. The highest BCUT2D eigenvalue weighted by Crippen LogP contribution is 2.38. The van der Waals surface area contributed by atoms with E-state index in [-0.39, 0.29) is 24.0 Å². The molecule has 8 nitrogen and oxygen atoms in total. The highest BCUT2D eigenvalue weighted by Gasteiger charge is 2.13. The van der Waals surface area contributed by atoms with Gasteiger partial charge in [0.05, 0.1) is 40.1 Å². The molecule has 0 unspecified atom stereocenters. The van der Waals surface area contributed by atoms with E-state index in [0.29, 0.717) is 36.3 Å². The molecule has 9 heteroatoms. The fourth-order valence-corrected chi connectivity index (χ4v) is 2.30. The van der Waals surface area contributed by atoms with Gasteiger partial charge in [0.25, 0.3) is 0 Å². The number of guanidine groups is 1. The molecule has 1 heterocycles. The van der Waals surface area contributed by atoms with E-state index >= 15 is 0 Å². The first-order valence-electron chi connectivity index (χ1n) is 8.01. The van der Waals surface area contributed by atoms with Crippen LogP contribution < -0.4 is 24.8 Å². The number of aliphatic imine (C=N–C) groups is 1. The van der Waals surface area contributed by atoms with E-state index < -0.39 is 0 Å². The minimum atomic E-state index is 0. The smallest absolute Gasteiger partial charge is 0.203 e. The molecular weight excluding hydrogens is 449 g/mol. The lowest BCUT2D eigenvalue weighted by atomic mass is 10.2. The van der Waals surface area contributed by atoms with Crippen molar-refractivity contribution in [2.75, 3.05) is 27.9 Å². The van der Waals surface area contributed by atoms with E-state index in [9.17, 15) is 0 Å². The Kier molecular flexibility index (Phi) is 9.63. The minimum Gasteiger partial charge on any atom is -0.493 e. The molecule has 144 valence electrons. The monoisotopic (exact) mass is 475 g/mol. The van der Waals surface area contributed by atoms with Gasteiger partial charge in [0, 0.05) is 12.7 Å². The molecule has 0 saturated heterocycles. The van der Waals surface area contributed by atoms with Crippen LogP contribution in [-0.2, 0) is 13.1 Å². The third-order valence-electron chi connectivity index (χ3n) is 3.49.